The van der Waals surface area contributed by atoms with Gasteiger partial charge in [0.25, 0.3) is 10.0 Å². The summed E-state index contributed by atoms with van der Waals surface area (Å²) in [5.41, 5.74) is 0.652. The Labute approximate surface area is 93.9 Å². The van der Waals surface area contributed by atoms with Crippen molar-refractivity contribution in [3.05, 3.63) is 12.3 Å². The van der Waals surface area contributed by atoms with Crippen molar-refractivity contribution in [1.29, 1.82) is 0 Å². The number of nitrogens with two attached hydrogens (primary N) is 1. The van der Waals surface area contributed by atoms with Crippen molar-refractivity contribution >= 4 is 15.7 Å². The predicted octanol–water partition coefficient (Wildman–Crippen LogP) is 0.312. The molecule has 6 nitrogen and oxygen atoms in total. The number of aromatic nitrogens is 1. The molecule has 1 heterocycles. The lowest BCUT2D eigenvalue weighted by Crippen LogP contribution is -2.14. The van der Waals surface area contributed by atoms with Gasteiger partial charge in [0, 0.05) is 13.1 Å². The van der Waals surface area contributed by atoms with Crippen LogP contribution in [0.25, 0.3) is 0 Å². The minimum Gasteiger partial charge on any atom is -0.488 e. The third-order valence-corrected chi connectivity index (χ3v) is 3.03. The number of ether oxygens (including phenoxy) is 1. The number of sulfonamides is 1. The van der Waals surface area contributed by atoms with Crippen LogP contribution in [0.4, 0.5) is 5.69 Å². The average Bonchev–Trinajstić information content (AvgIpc) is 3.00. The van der Waals surface area contributed by atoms with Gasteiger partial charge < -0.3 is 10.1 Å². The first kappa shape index (κ1) is 11.2. The third kappa shape index (κ3) is 2.42. The molecule has 1 saturated carbocycles. The fourth-order valence-electron chi connectivity index (χ4n) is 1.23. The van der Waals surface area contributed by atoms with E-state index in [4.69, 9.17) is 9.88 Å². The molecule has 1 fully saturated rings. The Balaban J connectivity index is 2.37. The fourth-order valence-corrected chi connectivity index (χ4v) is 1.70. The molecule has 3 N–H and O–H groups in total. The molecule has 2 rings (SSSR count). The first-order chi connectivity index (χ1) is 7.50. The lowest BCUT2D eigenvalue weighted by molar-refractivity contribution is 0.303. The molecule has 1 aliphatic rings. The Morgan fingerprint density at radius 1 is 1.56 bits per heavy atom. The molecule has 0 bridgehead atoms. The van der Waals surface area contributed by atoms with E-state index in [0.29, 0.717) is 11.4 Å². The van der Waals surface area contributed by atoms with Crippen LogP contribution < -0.4 is 15.2 Å². The topological polar surface area (TPSA) is 94.3 Å². The van der Waals surface area contributed by atoms with Gasteiger partial charge in [-0.1, -0.05) is 0 Å². The van der Waals surface area contributed by atoms with Gasteiger partial charge in [0.15, 0.2) is 5.03 Å². The first-order valence-corrected chi connectivity index (χ1v) is 6.42. The van der Waals surface area contributed by atoms with Crippen molar-refractivity contribution in [3.8, 4) is 5.75 Å². The largest absolute Gasteiger partial charge is 0.488 e. The van der Waals surface area contributed by atoms with Crippen LogP contribution in [0.1, 0.15) is 12.8 Å². The van der Waals surface area contributed by atoms with Crippen LogP contribution in [-0.4, -0.2) is 26.6 Å². The van der Waals surface area contributed by atoms with Crippen LogP contribution in [0.2, 0.25) is 0 Å². The number of hydrogen-bond acceptors (Lipinski definition) is 5. The van der Waals surface area contributed by atoms with Gasteiger partial charge in [0.2, 0.25) is 0 Å². The van der Waals surface area contributed by atoms with E-state index in [-0.39, 0.29) is 11.1 Å². The molecule has 0 spiro atoms. The predicted molar refractivity (Wildman–Crippen MR) is 58.8 cm³/mol. The van der Waals surface area contributed by atoms with Crippen LogP contribution in [0.3, 0.4) is 0 Å². The second-order valence-corrected chi connectivity index (χ2v) is 5.14. The fraction of sp³-hybridized carbons (Fsp3) is 0.444. The van der Waals surface area contributed by atoms with Crippen LogP contribution >= 0.6 is 0 Å². The Bertz CT molecular complexity index is 497. The van der Waals surface area contributed by atoms with Gasteiger partial charge in [-0.05, 0) is 12.8 Å². The SMILES string of the molecule is CNc1cnc(S(N)(=O)=O)cc1OC1CC1. The van der Waals surface area contributed by atoms with Crippen molar-refractivity contribution in [2.75, 3.05) is 12.4 Å². The van der Waals surface area contributed by atoms with E-state index in [1.807, 2.05) is 0 Å². The van der Waals surface area contributed by atoms with E-state index in [9.17, 15) is 8.42 Å². The van der Waals surface area contributed by atoms with Gasteiger partial charge in [0.1, 0.15) is 5.75 Å². The first-order valence-electron chi connectivity index (χ1n) is 4.88. The molecule has 0 unspecified atom stereocenters. The van der Waals surface area contributed by atoms with Crippen molar-refractivity contribution in [2.45, 2.75) is 24.0 Å². The normalized spacial score (nSPS) is 15.9. The number of nitrogens with zero attached hydrogens (tertiary/aromatic N) is 1. The highest BCUT2D eigenvalue weighted by molar-refractivity contribution is 7.89. The highest BCUT2D eigenvalue weighted by Gasteiger charge is 2.25. The van der Waals surface area contributed by atoms with Gasteiger partial charge in [-0.2, -0.15) is 0 Å². The average molecular weight is 243 g/mol. The van der Waals surface area contributed by atoms with Crippen LogP contribution in [0.15, 0.2) is 17.3 Å². The van der Waals surface area contributed by atoms with E-state index < -0.39 is 10.0 Å². The summed E-state index contributed by atoms with van der Waals surface area (Å²) in [4.78, 5) is 3.75. The maximum absolute atomic E-state index is 11.1. The molecule has 88 valence electrons. The summed E-state index contributed by atoms with van der Waals surface area (Å²) in [5, 5.41) is 7.70. The molecule has 0 aromatic carbocycles. The summed E-state index contributed by atoms with van der Waals surface area (Å²) < 4.78 is 27.8. The summed E-state index contributed by atoms with van der Waals surface area (Å²) in [6.07, 6.45) is 3.58. The molecular weight excluding hydrogens is 230 g/mol. The third-order valence-electron chi connectivity index (χ3n) is 2.22. The molecule has 1 aromatic rings. The van der Waals surface area contributed by atoms with Gasteiger partial charge in [-0.3, -0.25) is 0 Å². The highest BCUT2D eigenvalue weighted by atomic mass is 32.2. The number of hydrogen-bond donors (Lipinski definition) is 2. The van der Waals surface area contributed by atoms with Crippen LogP contribution in [0, 0.1) is 0 Å². The summed E-state index contributed by atoms with van der Waals surface area (Å²) in [6.45, 7) is 0. The van der Waals surface area contributed by atoms with Crippen molar-refractivity contribution < 1.29 is 13.2 Å². The number of rotatable bonds is 4. The smallest absolute Gasteiger partial charge is 0.255 e. The second kappa shape index (κ2) is 3.91. The summed E-state index contributed by atoms with van der Waals surface area (Å²) in [6, 6.07) is 1.35. The molecular formula is C9H13N3O3S. The Kier molecular flexibility index (Phi) is 2.73. The summed E-state index contributed by atoms with van der Waals surface area (Å²) in [7, 11) is -2.07. The lowest BCUT2D eigenvalue weighted by atomic mass is 10.4. The zero-order valence-corrected chi connectivity index (χ0v) is 9.62. The summed E-state index contributed by atoms with van der Waals surface area (Å²) in [5.74, 6) is 0.476. The van der Waals surface area contributed by atoms with Gasteiger partial charge in [-0.15, -0.1) is 0 Å². The molecule has 0 radical (unpaired) electrons. The molecule has 0 atom stereocenters. The molecule has 0 aliphatic heterocycles. The lowest BCUT2D eigenvalue weighted by Gasteiger charge is -2.10. The van der Waals surface area contributed by atoms with Crippen LogP contribution in [0.5, 0.6) is 5.75 Å². The maximum atomic E-state index is 11.1. The molecule has 7 heteroatoms. The van der Waals surface area contributed by atoms with Crippen LogP contribution in [-0.2, 0) is 10.0 Å². The zero-order valence-electron chi connectivity index (χ0n) is 8.80. The van der Waals surface area contributed by atoms with E-state index in [1.165, 1.54) is 12.3 Å². The van der Waals surface area contributed by atoms with Crippen molar-refractivity contribution in [1.82, 2.24) is 4.98 Å². The molecule has 0 amide bonds. The summed E-state index contributed by atoms with van der Waals surface area (Å²) >= 11 is 0. The van der Waals surface area contributed by atoms with Crippen molar-refractivity contribution in [2.24, 2.45) is 5.14 Å². The van der Waals surface area contributed by atoms with Gasteiger partial charge >= 0.3 is 0 Å². The quantitative estimate of drug-likeness (QED) is 0.793. The zero-order chi connectivity index (χ0) is 11.8. The number of anilines is 1. The Hall–Kier alpha value is -1.34. The van der Waals surface area contributed by atoms with E-state index >= 15 is 0 Å². The van der Waals surface area contributed by atoms with E-state index in [1.54, 1.807) is 7.05 Å². The Morgan fingerprint density at radius 2 is 2.25 bits per heavy atom. The standard InChI is InChI=1S/C9H13N3O3S/c1-11-7-5-12-9(16(10,13)14)4-8(7)15-6-2-3-6/h4-6,11H,2-3H2,1H3,(H2,10,13,14). The molecule has 1 aromatic heterocycles. The van der Waals surface area contributed by atoms with Gasteiger partial charge in [-0.25, -0.2) is 18.5 Å². The number of nitrogens with one attached hydrogen (secondary N) is 1. The highest BCUT2D eigenvalue weighted by Crippen LogP contribution is 2.32. The number of primary sulfonamides is 1. The molecule has 1 aliphatic carbocycles. The molecule has 16 heavy (non-hydrogen) atoms. The van der Waals surface area contributed by atoms with E-state index in [0.717, 1.165) is 12.8 Å². The maximum Gasteiger partial charge on any atom is 0.255 e. The minimum absolute atomic E-state index is 0.179. The second-order valence-electron chi connectivity index (χ2n) is 3.63. The molecule has 0 saturated heterocycles. The van der Waals surface area contributed by atoms with Gasteiger partial charge in [0.05, 0.1) is 18.0 Å². The minimum atomic E-state index is -3.78. The number of pyridine rings is 1. The Morgan fingerprint density at radius 3 is 2.75 bits per heavy atom. The monoisotopic (exact) mass is 243 g/mol. The van der Waals surface area contributed by atoms with E-state index in [2.05, 4.69) is 10.3 Å². The van der Waals surface area contributed by atoms with Crippen molar-refractivity contribution in [3.63, 3.8) is 0 Å².